The van der Waals surface area contributed by atoms with E-state index in [0.29, 0.717) is 5.41 Å². The van der Waals surface area contributed by atoms with Gasteiger partial charge in [-0.05, 0) is 23.0 Å². The Morgan fingerprint density at radius 3 is 1.75 bits per heavy atom. The zero-order valence-electron chi connectivity index (χ0n) is 14.2. The molecule has 112 valence electrons. The van der Waals surface area contributed by atoms with Crippen LogP contribution in [0.3, 0.4) is 0 Å². The predicted octanol–water partition coefficient (Wildman–Crippen LogP) is 6.71. The molecule has 0 heterocycles. The molecule has 1 aromatic rings. The molecule has 0 aliphatic carbocycles. The van der Waals surface area contributed by atoms with E-state index >= 15 is 0 Å². The van der Waals surface area contributed by atoms with Gasteiger partial charge in [0.05, 0.1) is 0 Å². The lowest BCUT2D eigenvalue weighted by Crippen LogP contribution is -2.10. The molecule has 0 heteroatoms. The van der Waals surface area contributed by atoms with Gasteiger partial charge in [-0.2, -0.15) is 0 Å². The van der Waals surface area contributed by atoms with Gasteiger partial charge in [-0.3, -0.25) is 0 Å². The van der Waals surface area contributed by atoms with Crippen molar-refractivity contribution in [3.8, 4) is 0 Å². The zero-order chi connectivity index (χ0) is 16.0. The number of hydrogen-bond donors (Lipinski definition) is 0. The van der Waals surface area contributed by atoms with E-state index in [4.69, 9.17) is 0 Å². The Balaban J connectivity index is 0. The van der Waals surface area contributed by atoms with Crippen LogP contribution in [0.15, 0.2) is 67.3 Å². The molecule has 0 aliphatic rings. The SMILES string of the molecule is C=C/C=C(\C=C)CC.CC.CC(C)(C)c1ccccc1. The highest BCUT2D eigenvalue weighted by molar-refractivity contribution is 5.22. The Morgan fingerprint density at radius 2 is 1.55 bits per heavy atom. The maximum atomic E-state index is 3.63. The lowest BCUT2D eigenvalue weighted by molar-refractivity contribution is 0.590. The molecule has 0 spiro atoms. The molecule has 0 atom stereocenters. The molecule has 0 fully saturated rings. The fourth-order valence-corrected chi connectivity index (χ4v) is 1.42. The molecule has 0 saturated carbocycles. The van der Waals surface area contributed by atoms with E-state index in [2.05, 4.69) is 71.2 Å². The van der Waals surface area contributed by atoms with Crippen LogP contribution in [-0.2, 0) is 5.41 Å². The van der Waals surface area contributed by atoms with Crippen molar-refractivity contribution in [3.63, 3.8) is 0 Å². The minimum atomic E-state index is 0.293. The van der Waals surface area contributed by atoms with E-state index in [-0.39, 0.29) is 0 Å². The molecule has 1 rings (SSSR count). The van der Waals surface area contributed by atoms with Crippen LogP contribution >= 0.6 is 0 Å². The number of benzene rings is 1. The first-order chi connectivity index (χ1) is 9.45. The summed E-state index contributed by atoms with van der Waals surface area (Å²) >= 11 is 0. The minimum Gasteiger partial charge on any atom is -0.0991 e. The zero-order valence-corrected chi connectivity index (χ0v) is 14.2. The monoisotopic (exact) mass is 272 g/mol. The second-order valence-corrected chi connectivity index (χ2v) is 5.15. The van der Waals surface area contributed by atoms with Gasteiger partial charge >= 0.3 is 0 Å². The summed E-state index contributed by atoms with van der Waals surface area (Å²) in [4.78, 5) is 0. The van der Waals surface area contributed by atoms with Crippen molar-refractivity contribution in [2.45, 2.75) is 53.4 Å². The molecule has 0 radical (unpaired) electrons. The average Bonchev–Trinajstić information content (AvgIpc) is 2.47. The third-order valence-corrected chi connectivity index (χ3v) is 2.64. The highest BCUT2D eigenvalue weighted by Gasteiger charge is 2.11. The summed E-state index contributed by atoms with van der Waals surface area (Å²) in [6.07, 6.45) is 6.63. The van der Waals surface area contributed by atoms with Gasteiger partial charge in [0.15, 0.2) is 0 Å². The van der Waals surface area contributed by atoms with Crippen LogP contribution in [0.5, 0.6) is 0 Å². The van der Waals surface area contributed by atoms with Gasteiger partial charge in [0, 0.05) is 0 Å². The van der Waals surface area contributed by atoms with Gasteiger partial charge in [0.2, 0.25) is 0 Å². The first kappa shape index (κ1) is 20.8. The van der Waals surface area contributed by atoms with Crippen LogP contribution in [0.1, 0.15) is 53.5 Å². The first-order valence-electron chi connectivity index (χ1n) is 7.45. The third-order valence-electron chi connectivity index (χ3n) is 2.64. The van der Waals surface area contributed by atoms with E-state index in [1.807, 2.05) is 26.0 Å². The van der Waals surface area contributed by atoms with E-state index in [9.17, 15) is 0 Å². The molecular formula is C20H32. The maximum absolute atomic E-state index is 3.63. The van der Waals surface area contributed by atoms with Crippen LogP contribution < -0.4 is 0 Å². The quantitative estimate of drug-likeness (QED) is 0.537. The lowest BCUT2D eigenvalue weighted by atomic mass is 9.87. The van der Waals surface area contributed by atoms with Crippen molar-refractivity contribution in [1.29, 1.82) is 0 Å². The van der Waals surface area contributed by atoms with Crippen LogP contribution in [0.25, 0.3) is 0 Å². The minimum absolute atomic E-state index is 0.293. The van der Waals surface area contributed by atoms with Crippen molar-refractivity contribution < 1.29 is 0 Å². The second kappa shape index (κ2) is 12.5. The van der Waals surface area contributed by atoms with Gasteiger partial charge in [0.25, 0.3) is 0 Å². The Hall–Kier alpha value is -1.56. The van der Waals surface area contributed by atoms with Crippen molar-refractivity contribution >= 4 is 0 Å². The van der Waals surface area contributed by atoms with Crippen LogP contribution in [0, 0.1) is 0 Å². The molecule has 0 N–H and O–H groups in total. The number of hydrogen-bond acceptors (Lipinski definition) is 0. The van der Waals surface area contributed by atoms with E-state index in [1.54, 1.807) is 6.08 Å². The summed E-state index contributed by atoms with van der Waals surface area (Å²) < 4.78 is 0. The van der Waals surface area contributed by atoms with Crippen LogP contribution in [0.4, 0.5) is 0 Å². The maximum Gasteiger partial charge on any atom is -0.0132 e. The molecule has 0 nitrogen and oxygen atoms in total. The third kappa shape index (κ3) is 10.4. The Kier molecular flexibility index (Phi) is 12.9. The van der Waals surface area contributed by atoms with E-state index in [1.165, 1.54) is 11.1 Å². The van der Waals surface area contributed by atoms with Crippen molar-refractivity contribution in [3.05, 3.63) is 72.9 Å². The molecule has 0 bridgehead atoms. The molecular weight excluding hydrogens is 240 g/mol. The van der Waals surface area contributed by atoms with Gasteiger partial charge < -0.3 is 0 Å². The van der Waals surface area contributed by atoms with Crippen molar-refractivity contribution in [2.24, 2.45) is 0 Å². The normalized spacial score (nSPS) is 10.4. The summed E-state index contributed by atoms with van der Waals surface area (Å²) in [5.74, 6) is 0. The summed E-state index contributed by atoms with van der Waals surface area (Å²) in [5.41, 5.74) is 2.93. The average molecular weight is 272 g/mol. The largest absolute Gasteiger partial charge is 0.0991 e. The molecule has 0 amide bonds. The van der Waals surface area contributed by atoms with Crippen LogP contribution in [0.2, 0.25) is 0 Å². The van der Waals surface area contributed by atoms with Crippen LogP contribution in [-0.4, -0.2) is 0 Å². The van der Waals surface area contributed by atoms with Gasteiger partial charge in [-0.15, -0.1) is 0 Å². The number of rotatable bonds is 3. The fraction of sp³-hybridized carbons (Fsp3) is 0.400. The van der Waals surface area contributed by atoms with E-state index in [0.717, 1.165) is 6.42 Å². The Morgan fingerprint density at radius 1 is 1.05 bits per heavy atom. The standard InChI is InChI=1S/C10H14.C8H12.C2H6/c1-10(2,3)9-7-5-4-6-8-9;1-4-7-8(5-2)6-3;1-2/h4-8H,1-3H3;4-5,7H,1-2,6H2,3H3;1-2H3/b;8-7+;. The fourth-order valence-electron chi connectivity index (χ4n) is 1.42. The molecule has 0 aromatic heterocycles. The summed E-state index contributed by atoms with van der Waals surface area (Å²) in [7, 11) is 0. The second-order valence-electron chi connectivity index (χ2n) is 5.15. The smallest absolute Gasteiger partial charge is 0.0132 e. The van der Waals surface area contributed by atoms with Gasteiger partial charge in [-0.1, -0.05) is 103 Å². The molecule has 0 aliphatic heterocycles. The Bertz CT molecular complexity index is 374. The summed E-state index contributed by atoms with van der Waals surface area (Å²) in [6.45, 7) is 20.0. The topological polar surface area (TPSA) is 0 Å². The molecule has 1 aromatic carbocycles. The van der Waals surface area contributed by atoms with Gasteiger partial charge in [-0.25, -0.2) is 0 Å². The highest BCUT2D eigenvalue weighted by atomic mass is 14.2. The summed E-state index contributed by atoms with van der Waals surface area (Å²) in [6, 6.07) is 10.6. The van der Waals surface area contributed by atoms with Gasteiger partial charge in [0.1, 0.15) is 0 Å². The predicted molar refractivity (Wildman–Crippen MR) is 95.3 cm³/mol. The lowest BCUT2D eigenvalue weighted by Gasteiger charge is -2.18. The molecule has 0 unspecified atom stereocenters. The first-order valence-corrected chi connectivity index (χ1v) is 7.45. The highest BCUT2D eigenvalue weighted by Crippen LogP contribution is 2.20. The molecule has 20 heavy (non-hydrogen) atoms. The van der Waals surface area contributed by atoms with E-state index < -0.39 is 0 Å². The Labute approximate surface area is 126 Å². The van der Waals surface area contributed by atoms with Crippen molar-refractivity contribution in [2.75, 3.05) is 0 Å². The number of allylic oxidation sites excluding steroid dienone is 4. The van der Waals surface area contributed by atoms with Crippen molar-refractivity contribution in [1.82, 2.24) is 0 Å². The molecule has 0 saturated heterocycles. The summed E-state index contributed by atoms with van der Waals surface area (Å²) in [5, 5.41) is 0.